The van der Waals surface area contributed by atoms with Gasteiger partial charge in [-0.15, -0.1) is 11.8 Å². The summed E-state index contributed by atoms with van der Waals surface area (Å²) in [5.41, 5.74) is 1.64. The van der Waals surface area contributed by atoms with E-state index in [1.165, 1.54) is 0 Å². The Kier molecular flexibility index (Phi) is 8.22. The molecule has 0 fully saturated rings. The van der Waals surface area contributed by atoms with E-state index < -0.39 is 0 Å². The number of nitrogens with one attached hydrogen (secondary N) is 2. The number of anilines is 1. The van der Waals surface area contributed by atoms with E-state index in [0.29, 0.717) is 23.4 Å². The lowest BCUT2D eigenvalue weighted by Gasteiger charge is -2.13. The summed E-state index contributed by atoms with van der Waals surface area (Å²) in [6.07, 6.45) is 2.99. The summed E-state index contributed by atoms with van der Waals surface area (Å²) in [7, 11) is 0. The summed E-state index contributed by atoms with van der Waals surface area (Å²) in [6.45, 7) is 4.82. The second kappa shape index (κ2) is 10.7. The number of amides is 2. The van der Waals surface area contributed by atoms with Crippen LogP contribution < -0.4 is 10.6 Å². The van der Waals surface area contributed by atoms with Gasteiger partial charge in [0.05, 0.1) is 16.8 Å². The molecule has 2 aromatic carbocycles. The molecular formula is C21H26N2O2S. The van der Waals surface area contributed by atoms with Gasteiger partial charge in [0.2, 0.25) is 0 Å². The molecule has 0 spiro atoms. The molecular weight excluding hydrogens is 344 g/mol. The molecule has 5 heteroatoms. The van der Waals surface area contributed by atoms with Crippen molar-refractivity contribution in [3.63, 3.8) is 0 Å². The van der Waals surface area contributed by atoms with Crippen molar-refractivity contribution in [2.24, 2.45) is 0 Å². The van der Waals surface area contributed by atoms with E-state index in [0.717, 1.165) is 29.9 Å². The maximum atomic E-state index is 12.8. The van der Waals surface area contributed by atoms with Crippen LogP contribution in [0.15, 0.2) is 53.4 Å². The smallest absolute Gasteiger partial charge is 0.256 e. The first-order valence-corrected chi connectivity index (χ1v) is 10.1. The fourth-order valence-electron chi connectivity index (χ4n) is 2.45. The van der Waals surface area contributed by atoms with Crippen molar-refractivity contribution in [1.82, 2.24) is 5.32 Å². The van der Waals surface area contributed by atoms with Crippen LogP contribution in [0, 0.1) is 0 Å². The number of unbranched alkanes of at least 4 members (excludes halogenated alkanes) is 1. The molecule has 0 atom stereocenters. The van der Waals surface area contributed by atoms with Gasteiger partial charge in [0.25, 0.3) is 11.8 Å². The van der Waals surface area contributed by atoms with Gasteiger partial charge in [-0.25, -0.2) is 0 Å². The van der Waals surface area contributed by atoms with E-state index >= 15 is 0 Å². The topological polar surface area (TPSA) is 58.2 Å². The molecule has 0 saturated heterocycles. The predicted molar refractivity (Wildman–Crippen MR) is 109 cm³/mol. The summed E-state index contributed by atoms with van der Waals surface area (Å²) in [5, 5.41) is 5.80. The third-order valence-electron chi connectivity index (χ3n) is 3.83. The zero-order valence-electron chi connectivity index (χ0n) is 15.4. The molecule has 26 heavy (non-hydrogen) atoms. The van der Waals surface area contributed by atoms with E-state index in [1.807, 2.05) is 30.3 Å². The number of para-hydroxylation sites is 1. The first-order valence-electron chi connectivity index (χ1n) is 9.07. The zero-order chi connectivity index (χ0) is 18.8. The minimum atomic E-state index is -0.196. The summed E-state index contributed by atoms with van der Waals surface area (Å²) < 4.78 is 0. The van der Waals surface area contributed by atoms with Crippen LogP contribution in [0.4, 0.5) is 5.69 Å². The predicted octanol–water partition coefficient (Wildman–Crippen LogP) is 4.97. The van der Waals surface area contributed by atoms with Crippen molar-refractivity contribution in [3.05, 3.63) is 59.7 Å². The maximum absolute atomic E-state index is 12.8. The van der Waals surface area contributed by atoms with Crippen LogP contribution in [-0.2, 0) is 0 Å². The van der Waals surface area contributed by atoms with Crippen LogP contribution in [0.5, 0.6) is 0 Å². The first-order chi connectivity index (χ1) is 12.7. The highest BCUT2D eigenvalue weighted by molar-refractivity contribution is 7.99. The molecule has 0 radical (unpaired) electrons. The largest absolute Gasteiger partial charge is 0.352 e. The SMILES string of the molecule is CCCCNC(=O)c1ccccc1NC(=O)c1ccccc1SCCC. The van der Waals surface area contributed by atoms with Crippen LogP contribution in [-0.4, -0.2) is 24.1 Å². The minimum Gasteiger partial charge on any atom is -0.352 e. The van der Waals surface area contributed by atoms with Gasteiger partial charge < -0.3 is 10.6 Å². The van der Waals surface area contributed by atoms with Crippen molar-refractivity contribution in [2.45, 2.75) is 38.0 Å². The third-order valence-corrected chi connectivity index (χ3v) is 5.11. The highest BCUT2D eigenvalue weighted by atomic mass is 32.2. The number of benzene rings is 2. The van der Waals surface area contributed by atoms with Gasteiger partial charge in [-0.1, -0.05) is 44.5 Å². The van der Waals surface area contributed by atoms with Crippen molar-refractivity contribution in [2.75, 3.05) is 17.6 Å². The Balaban J connectivity index is 2.16. The van der Waals surface area contributed by atoms with Gasteiger partial charge >= 0.3 is 0 Å². The van der Waals surface area contributed by atoms with Crippen LogP contribution >= 0.6 is 11.8 Å². The molecule has 4 nitrogen and oxygen atoms in total. The summed E-state index contributed by atoms with van der Waals surface area (Å²) in [5.74, 6) is 0.599. The van der Waals surface area contributed by atoms with Crippen molar-refractivity contribution >= 4 is 29.3 Å². The number of carbonyl (C=O) groups excluding carboxylic acids is 2. The third kappa shape index (κ3) is 5.63. The highest BCUT2D eigenvalue weighted by Crippen LogP contribution is 2.25. The van der Waals surface area contributed by atoms with E-state index in [2.05, 4.69) is 24.5 Å². The average Bonchev–Trinajstić information content (AvgIpc) is 2.67. The Hall–Kier alpha value is -2.27. The fraction of sp³-hybridized carbons (Fsp3) is 0.333. The van der Waals surface area contributed by atoms with E-state index in [4.69, 9.17) is 0 Å². The molecule has 0 heterocycles. The molecule has 0 aliphatic heterocycles. The lowest BCUT2D eigenvalue weighted by molar-refractivity contribution is 0.0954. The normalized spacial score (nSPS) is 10.4. The quantitative estimate of drug-likeness (QED) is 0.484. The summed E-state index contributed by atoms with van der Waals surface area (Å²) in [6, 6.07) is 14.7. The molecule has 2 N–H and O–H groups in total. The van der Waals surface area contributed by atoms with Crippen LogP contribution in [0.2, 0.25) is 0 Å². The Morgan fingerprint density at radius 2 is 1.58 bits per heavy atom. The lowest BCUT2D eigenvalue weighted by Crippen LogP contribution is -2.26. The van der Waals surface area contributed by atoms with Crippen LogP contribution in [0.1, 0.15) is 53.8 Å². The van der Waals surface area contributed by atoms with Gasteiger partial charge in [0.15, 0.2) is 0 Å². The highest BCUT2D eigenvalue weighted by Gasteiger charge is 2.16. The molecule has 0 unspecified atom stereocenters. The molecule has 2 aromatic rings. The van der Waals surface area contributed by atoms with Gasteiger partial charge in [-0.2, -0.15) is 0 Å². The minimum absolute atomic E-state index is 0.164. The standard InChI is InChI=1S/C21H26N2O2S/c1-3-5-14-22-20(24)16-10-6-8-12-18(16)23-21(25)17-11-7-9-13-19(17)26-15-4-2/h6-13H,3-5,14-15H2,1-2H3,(H,22,24)(H,23,25). The summed E-state index contributed by atoms with van der Waals surface area (Å²) >= 11 is 1.67. The molecule has 0 aliphatic carbocycles. The fourth-order valence-corrected chi connectivity index (χ4v) is 3.36. The van der Waals surface area contributed by atoms with Crippen LogP contribution in [0.25, 0.3) is 0 Å². The van der Waals surface area contributed by atoms with Gasteiger partial charge in [-0.05, 0) is 42.9 Å². The number of thioether (sulfide) groups is 1. The number of carbonyl (C=O) groups is 2. The maximum Gasteiger partial charge on any atom is 0.256 e. The zero-order valence-corrected chi connectivity index (χ0v) is 16.2. The van der Waals surface area contributed by atoms with Gasteiger partial charge in [-0.3, -0.25) is 9.59 Å². The second-order valence-corrected chi connectivity index (χ2v) is 7.09. The molecule has 0 saturated carbocycles. The van der Waals surface area contributed by atoms with E-state index in [-0.39, 0.29) is 11.8 Å². The van der Waals surface area contributed by atoms with E-state index in [9.17, 15) is 9.59 Å². The average molecular weight is 371 g/mol. The van der Waals surface area contributed by atoms with Crippen molar-refractivity contribution in [3.8, 4) is 0 Å². The first kappa shape index (κ1) is 20.0. The molecule has 0 bridgehead atoms. The van der Waals surface area contributed by atoms with Crippen LogP contribution in [0.3, 0.4) is 0 Å². The number of hydrogen-bond donors (Lipinski definition) is 2. The Morgan fingerprint density at radius 3 is 2.31 bits per heavy atom. The number of rotatable bonds is 9. The molecule has 2 amide bonds. The molecule has 138 valence electrons. The van der Waals surface area contributed by atoms with Gasteiger partial charge in [0, 0.05) is 11.4 Å². The Bertz CT molecular complexity index is 746. The van der Waals surface area contributed by atoms with Crippen molar-refractivity contribution < 1.29 is 9.59 Å². The number of hydrogen-bond acceptors (Lipinski definition) is 3. The molecule has 2 rings (SSSR count). The molecule has 0 aromatic heterocycles. The monoisotopic (exact) mass is 370 g/mol. The Labute approximate surface area is 159 Å². The summed E-state index contributed by atoms with van der Waals surface area (Å²) in [4.78, 5) is 26.1. The van der Waals surface area contributed by atoms with Gasteiger partial charge in [0.1, 0.15) is 0 Å². The molecule has 0 aliphatic rings. The second-order valence-electron chi connectivity index (χ2n) is 5.95. The van der Waals surface area contributed by atoms with E-state index in [1.54, 1.807) is 30.0 Å². The lowest BCUT2D eigenvalue weighted by atomic mass is 10.1. The van der Waals surface area contributed by atoms with Crippen molar-refractivity contribution in [1.29, 1.82) is 0 Å². The Morgan fingerprint density at radius 1 is 0.885 bits per heavy atom.